The summed E-state index contributed by atoms with van der Waals surface area (Å²) in [6, 6.07) is 14.6. The van der Waals surface area contributed by atoms with E-state index in [0.717, 1.165) is 16.9 Å². The summed E-state index contributed by atoms with van der Waals surface area (Å²) in [7, 11) is -3.51. The van der Waals surface area contributed by atoms with Crippen molar-refractivity contribution in [2.75, 3.05) is 13.1 Å². The van der Waals surface area contributed by atoms with Crippen molar-refractivity contribution >= 4 is 15.9 Å². The van der Waals surface area contributed by atoms with E-state index in [1.165, 1.54) is 4.31 Å². The Morgan fingerprint density at radius 1 is 1.13 bits per heavy atom. The van der Waals surface area contributed by atoms with Gasteiger partial charge in [0.2, 0.25) is 15.9 Å². The van der Waals surface area contributed by atoms with Gasteiger partial charge in [0.1, 0.15) is 5.75 Å². The Morgan fingerprint density at radius 2 is 1.80 bits per heavy atom. The van der Waals surface area contributed by atoms with Crippen molar-refractivity contribution in [1.82, 2.24) is 9.62 Å². The first-order valence-corrected chi connectivity index (χ1v) is 11.8. The highest BCUT2D eigenvalue weighted by Gasteiger charge is 2.31. The highest BCUT2D eigenvalue weighted by molar-refractivity contribution is 7.89. The second-order valence-electron chi connectivity index (χ2n) is 8.02. The molecule has 7 heteroatoms. The number of carbonyl (C=O) groups is 1. The number of hydrogen-bond acceptors (Lipinski definition) is 4. The molecule has 1 aliphatic rings. The van der Waals surface area contributed by atoms with Crippen molar-refractivity contribution in [3.8, 4) is 5.75 Å². The van der Waals surface area contributed by atoms with Crippen molar-refractivity contribution < 1.29 is 17.9 Å². The number of nitrogens with one attached hydrogen (secondary N) is 1. The summed E-state index contributed by atoms with van der Waals surface area (Å²) >= 11 is 0. The van der Waals surface area contributed by atoms with Crippen molar-refractivity contribution in [1.29, 1.82) is 0 Å². The molecule has 2 aromatic carbocycles. The van der Waals surface area contributed by atoms with Gasteiger partial charge in [0.15, 0.2) is 0 Å². The minimum atomic E-state index is -3.51. The topological polar surface area (TPSA) is 75.7 Å². The number of aryl methyl sites for hydroxylation is 1. The van der Waals surface area contributed by atoms with Gasteiger partial charge < -0.3 is 10.1 Å². The van der Waals surface area contributed by atoms with E-state index in [9.17, 15) is 13.2 Å². The molecule has 1 aliphatic heterocycles. The Labute approximate surface area is 179 Å². The van der Waals surface area contributed by atoms with E-state index >= 15 is 0 Å². The average Bonchev–Trinajstić information content (AvgIpc) is 2.72. The number of sulfonamides is 1. The van der Waals surface area contributed by atoms with Gasteiger partial charge in [-0.05, 0) is 63.4 Å². The Hall–Kier alpha value is -2.38. The Balaban J connectivity index is 1.52. The SMILES string of the molecule is Cc1ccc(S(=O)(=O)N2CCC(C(=O)NCc3cccc(OC(C)C)c3)CC2)cc1. The van der Waals surface area contributed by atoms with Crippen LogP contribution < -0.4 is 10.1 Å². The second-order valence-corrected chi connectivity index (χ2v) is 9.96. The predicted molar refractivity (Wildman–Crippen MR) is 117 cm³/mol. The van der Waals surface area contributed by atoms with Crippen LogP contribution >= 0.6 is 0 Å². The lowest BCUT2D eigenvalue weighted by atomic mass is 9.97. The van der Waals surface area contributed by atoms with E-state index in [2.05, 4.69) is 5.32 Å². The summed E-state index contributed by atoms with van der Waals surface area (Å²) in [4.78, 5) is 12.9. The number of nitrogens with zero attached hydrogens (tertiary/aromatic N) is 1. The van der Waals surface area contributed by atoms with Crippen LogP contribution in [0.2, 0.25) is 0 Å². The molecule has 162 valence electrons. The maximum absolute atomic E-state index is 12.8. The van der Waals surface area contributed by atoms with Gasteiger partial charge in [0.05, 0.1) is 11.0 Å². The zero-order valence-corrected chi connectivity index (χ0v) is 18.6. The Kier molecular flexibility index (Phi) is 7.15. The number of benzene rings is 2. The lowest BCUT2D eigenvalue weighted by Crippen LogP contribution is -2.42. The highest BCUT2D eigenvalue weighted by atomic mass is 32.2. The molecule has 1 N–H and O–H groups in total. The first-order valence-electron chi connectivity index (χ1n) is 10.4. The Morgan fingerprint density at radius 3 is 2.43 bits per heavy atom. The van der Waals surface area contributed by atoms with Gasteiger partial charge in [0.25, 0.3) is 0 Å². The van der Waals surface area contributed by atoms with Crippen LogP contribution in [0.25, 0.3) is 0 Å². The molecule has 0 radical (unpaired) electrons. The van der Waals surface area contributed by atoms with Gasteiger partial charge in [-0.1, -0.05) is 29.8 Å². The predicted octanol–water partition coefficient (Wildman–Crippen LogP) is 3.50. The van der Waals surface area contributed by atoms with Crippen LogP contribution in [0, 0.1) is 12.8 Å². The molecule has 2 aromatic rings. The smallest absolute Gasteiger partial charge is 0.243 e. The molecule has 0 aromatic heterocycles. The van der Waals surface area contributed by atoms with E-state index in [1.807, 2.05) is 45.0 Å². The number of carbonyl (C=O) groups excluding carboxylic acids is 1. The average molecular weight is 431 g/mol. The third-order valence-electron chi connectivity index (χ3n) is 5.22. The molecule has 0 saturated carbocycles. The normalized spacial score (nSPS) is 15.9. The van der Waals surface area contributed by atoms with Crippen molar-refractivity contribution in [3.63, 3.8) is 0 Å². The van der Waals surface area contributed by atoms with Crippen LogP contribution in [0.5, 0.6) is 5.75 Å². The fourth-order valence-corrected chi connectivity index (χ4v) is 5.02. The van der Waals surface area contributed by atoms with Crippen LogP contribution in [0.1, 0.15) is 37.8 Å². The van der Waals surface area contributed by atoms with Crippen LogP contribution in [-0.4, -0.2) is 37.8 Å². The maximum atomic E-state index is 12.8. The quantitative estimate of drug-likeness (QED) is 0.730. The van der Waals surface area contributed by atoms with Crippen LogP contribution in [-0.2, 0) is 21.4 Å². The van der Waals surface area contributed by atoms with Gasteiger partial charge in [-0.25, -0.2) is 8.42 Å². The monoisotopic (exact) mass is 430 g/mol. The molecule has 3 rings (SSSR count). The second kappa shape index (κ2) is 9.62. The van der Waals surface area contributed by atoms with Crippen molar-refractivity contribution in [3.05, 3.63) is 59.7 Å². The first-order chi connectivity index (χ1) is 14.3. The van der Waals surface area contributed by atoms with Gasteiger partial charge in [-0.3, -0.25) is 4.79 Å². The maximum Gasteiger partial charge on any atom is 0.243 e. The molecular weight excluding hydrogens is 400 g/mol. The molecule has 1 amide bonds. The fourth-order valence-electron chi connectivity index (χ4n) is 3.55. The number of hydrogen-bond donors (Lipinski definition) is 1. The fraction of sp³-hybridized carbons (Fsp3) is 0.435. The molecular formula is C23H30N2O4S. The number of amides is 1. The van der Waals surface area contributed by atoms with Gasteiger partial charge in [-0.2, -0.15) is 4.31 Å². The summed E-state index contributed by atoms with van der Waals surface area (Å²) < 4.78 is 32.8. The number of rotatable bonds is 7. The molecule has 1 heterocycles. The molecule has 6 nitrogen and oxygen atoms in total. The third kappa shape index (κ3) is 5.61. The number of ether oxygens (including phenoxy) is 1. The first kappa shape index (κ1) is 22.3. The van der Waals surface area contributed by atoms with Gasteiger partial charge >= 0.3 is 0 Å². The van der Waals surface area contributed by atoms with E-state index < -0.39 is 10.0 Å². The molecule has 1 saturated heterocycles. The van der Waals surface area contributed by atoms with E-state index in [0.29, 0.717) is 37.4 Å². The zero-order valence-electron chi connectivity index (χ0n) is 17.8. The van der Waals surface area contributed by atoms with Crippen molar-refractivity contribution in [2.45, 2.75) is 51.2 Å². The summed E-state index contributed by atoms with van der Waals surface area (Å²) in [6.07, 6.45) is 1.14. The van der Waals surface area contributed by atoms with E-state index in [4.69, 9.17) is 4.74 Å². The summed E-state index contributed by atoms with van der Waals surface area (Å²) in [6.45, 7) is 7.00. The van der Waals surface area contributed by atoms with E-state index in [-0.39, 0.29) is 17.9 Å². The molecule has 30 heavy (non-hydrogen) atoms. The minimum Gasteiger partial charge on any atom is -0.491 e. The standard InChI is InChI=1S/C23H30N2O4S/c1-17(2)29-21-6-4-5-19(15-21)16-24-23(26)20-11-13-25(14-12-20)30(27,28)22-9-7-18(3)8-10-22/h4-10,15,17,20H,11-14,16H2,1-3H3,(H,24,26). The van der Waals surface area contributed by atoms with E-state index in [1.54, 1.807) is 24.3 Å². The molecule has 0 unspecified atom stereocenters. The summed E-state index contributed by atoms with van der Waals surface area (Å²) in [5, 5.41) is 2.98. The van der Waals surface area contributed by atoms with Crippen molar-refractivity contribution in [2.24, 2.45) is 5.92 Å². The molecule has 0 aliphatic carbocycles. The molecule has 0 bridgehead atoms. The highest BCUT2D eigenvalue weighted by Crippen LogP contribution is 2.24. The van der Waals surface area contributed by atoms with Crippen LogP contribution in [0.3, 0.4) is 0 Å². The Bertz CT molecular complexity index is 963. The lowest BCUT2D eigenvalue weighted by molar-refractivity contribution is -0.126. The zero-order chi connectivity index (χ0) is 21.7. The molecule has 0 spiro atoms. The van der Waals surface area contributed by atoms with Gasteiger partial charge in [0, 0.05) is 25.6 Å². The summed E-state index contributed by atoms with van der Waals surface area (Å²) in [5.41, 5.74) is 1.99. The summed E-state index contributed by atoms with van der Waals surface area (Å²) in [5.74, 6) is 0.577. The molecule has 1 fully saturated rings. The lowest BCUT2D eigenvalue weighted by Gasteiger charge is -2.30. The van der Waals surface area contributed by atoms with Crippen LogP contribution in [0.15, 0.2) is 53.4 Å². The van der Waals surface area contributed by atoms with Gasteiger partial charge in [-0.15, -0.1) is 0 Å². The number of piperidine rings is 1. The largest absolute Gasteiger partial charge is 0.491 e. The third-order valence-corrected chi connectivity index (χ3v) is 7.13. The van der Waals surface area contributed by atoms with Crippen LogP contribution in [0.4, 0.5) is 0 Å². The molecule has 0 atom stereocenters. The minimum absolute atomic E-state index is 0.0300.